The lowest BCUT2D eigenvalue weighted by Gasteiger charge is -2.22. The Morgan fingerprint density at radius 3 is 2.67 bits per heavy atom. The lowest BCUT2D eigenvalue weighted by atomic mass is 10.1. The molecule has 0 aromatic heterocycles. The minimum Gasteiger partial charge on any atom is -0.478 e. The highest BCUT2D eigenvalue weighted by Crippen LogP contribution is 2.20. The second kappa shape index (κ2) is 7.26. The van der Waals surface area contributed by atoms with E-state index in [1.807, 2.05) is 20.1 Å². The number of rotatable bonds is 6. The van der Waals surface area contributed by atoms with Crippen molar-refractivity contribution in [2.75, 3.05) is 12.8 Å². The first-order valence-electron chi connectivity index (χ1n) is 6.29. The summed E-state index contributed by atoms with van der Waals surface area (Å²) in [6, 6.07) is 3.89. The molecule has 0 spiro atoms. The van der Waals surface area contributed by atoms with Gasteiger partial charge in [-0.2, -0.15) is 11.8 Å². The molecule has 1 aromatic carbocycles. The SMILES string of the molecule is CSC(C)(C)CNC(=O)c1cc(/C=C/C(=O)O)ccc1F. The molecule has 0 heterocycles. The molecule has 0 aliphatic rings. The van der Waals surface area contributed by atoms with E-state index in [-0.39, 0.29) is 10.3 Å². The third-order valence-corrected chi connectivity index (χ3v) is 4.13. The van der Waals surface area contributed by atoms with Gasteiger partial charge in [-0.25, -0.2) is 9.18 Å². The summed E-state index contributed by atoms with van der Waals surface area (Å²) in [5, 5.41) is 11.2. The van der Waals surface area contributed by atoms with Crippen LogP contribution in [0.2, 0.25) is 0 Å². The first-order chi connectivity index (χ1) is 9.75. The number of nitrogens with one attached hydrogen (secondary N) is 1. The van der Waals surface area contributed by atoms with Crippen molar-refractivity contribution in [1.29, 1.82) is 0 Å². The second-order valence-corrected chi connectivity index (χ2v) is 6.57. The van der Waals surface area contributed by atoms with Gasteiger partial charge >= 0.3 is 5.97 Å². The van der Waals surface area contributed by atoms with Gasteiger partial charge in [0, 0.05) is 17.4 Å². The van der Waals surface area contributed by atoms with E-state index in [0.29, 0.717) is 12.1 Å². The second-order valence-electron chi connectivity index (χ2n) is 5.06. The number of carboxylic acid groups (broad SMARTS) is 1. The van der Waals surface area contributed by atoms with Crippen LogP contribution in [0.3, 0.4) is 0 Å². The number of benzene rings is 1. The average Bonchev–Trinajstić information content (AvgIpc) is 2.44. The number of hydrogen-bond donors (Lipinski definition) is 2. The summed E-state index contributed by atoms with van der Waals surface area (Å²) in [6.07, 6.45) is 4.18. The smallest absolute Gasteiger partial charge is 0.328 e. The molecule has 21 heavy (non-hydrogen) atoms. The van der Waals surface area contributed by atoms with Gasteiger partial charge in [0.1, 0.15) is 5.82 Å². The quantitative estimate of drug-likeness (QED) is 0.793. The van der Waals surface area contributed by atoms with Crippen molar-refractivity contribution >= 4 is 29.7 Å². The van der Waals surface area contributed by atoms with Crippen LogP contribution in [0.15, 0.2) is 24.3 Å². The van der Waals surface area contributed by atoms with E-state index >= 15 is 0 Å². The molecular formula is C15H18FNO3S. The van der Waals surface area contributed by atoms with Crippen molar-refractivity contribution in [2.24, 2.45) is 0 Å². The van der Waals surface area contributed by atoms with Gasteiger partial charge < -0.3 is 10.4 Å². The van der Waals surface area contributed by atoms with Crippen LogP contribution in [0.25, 0.3) is 6.08 Å². The summed E-state index contributed by atoms with van der Waals surface area (Å²) in [5.41, 5.74) is 0.354. The summed E-state index contributed by atoms with van der Waals surface area (Å²) in [6.45, 7) is 4.35. The standard InChI is InChI=1S/C15H18FNO3S/c1-15(2,21-3)9-17-14(20)11-8-10(4-6-12(11)16)5-7-13(18)19/h4-8H,9H2,1-3H3,(H,17,20)(H,18,19)/b7-5+. The highest BCUT2D eigenvalue weighted by molar-refractivity contribution is 7.99. The minimum atomic E-state index is -1.10. The molecule has 0 bridgehead atoms. The summed E-state index contributed by atoms with van der Waals surface area (Å²) in [4.78, 5) is 22.5. The van der Waals surface area contributed by atoms with Crippen molar-refractivity contribution < 1.29 is 19.1 Å². The van der Waals surface area contributed by atoms with E-state index in [9.17, 15) is 14.0 Å². The van der Waals surface area contributed by atoms with Gasteiger partial charge in [0.2, 0.25) is 0 Å². The Morgan fingerprint density at radius 1 is 1.43 bits per heavy atom. The molecule has 6 heteroatoms. The highest BCUT2D eigenvalue weighted by Gasteiger charge is 2.19. The van der Waals surface area contributed by atoms with Gasteiger partial charge in [0.15, 0.2) is 0 Å². The molecule has 0 aliphatic heterocycles. The topological polar surface area (TPSA) is 66.4 Å². The highest BCUT2D eigenvalue weighted by atomic mass is 32.2. The van der Waals surface area contributed by atoms with Crippen LogP contribution in [0.5, 0.6) is 0 Å². The zero-order chi connectivity index (χ0) is 16.0. The van der Waals surface area contributed by atoms with Crippen LogP contribution in [0.1, 0.15) is 29.8 Å². The van der Waals surface area contributed by atoms with E-state index in [4.69, 9.17) is 5.11 Å². The van der Waals surface area contributed by atoms with Crippen LogP contribution in [0, 0.1) is 5.82 Å². The molecule has 0 saturated carbocycles. The Bertz CT molecular complexity index is 570. The van der Waals surface area contributed by atoms with Gasteiger partial charge in [-0.1, -0.05) is 6.07 Å². The Kier molecular flexibility index (Phi) is 5.96. The first kappa shape index (κ1) is 17.2. The lowest BCUT2D eigenvalue weighted by Crippen LogP contribution is -2.36. The molecule has 4 nitrogen and oxygen atoms in total. The molecule has 0 saturated heterocycles. The van der Waals surface area contributed by atoms with Gasteiger partial charge in [0.25, 0.3) is 5.91 Å². The maximum Gasteiger partial charge on any atom is 0.328 e. The van der Waals surface area contributed by atoms with Crippen molar-refractivity contribution in [3.05, 3.63) is 41.2 Å². The number of amides is 1. The first-order valence-corrected chi connectivity index (χ1v) is 7.51. The molecule has 1 aromatic rings. The molecule has 0 atom stereocenters. The van der Waals surface area contributed by atoms with E-state index in [2.05, 4.69) is 5.32 Å². The monoisotopic (exact) mass is 311 g/mol. The van der Waals surface area contributed by atoms with E-state index < -0.39 is 17.7 Å². The molecule has 0 fully saturated rings. The van der Waals surface area contributed by atoms with Gasteiger partial charge in [-0.15, -0.1) is 0 Å². The number of thioether (sulfide) groups is 1. The molecular weight excluding hydrogens is 293 g/mol. The number of carbonyl (C=O) groups excluding carboxylic acids is 1. The molecule has 114 valence electrons. The fourth-order valence-corrected chi connectivity index (χ4v) is 1.67. The normalized spacial score (nSPS) is 11.6. The van der Waals surface area contributed by atoms with Gasteiger partial charge in [0.05, 0.1) is 5.56 Å². The van der Waals surface area contributed by atoms with E-state index in [1.165, 1.54) is 18.2 Å². The van der Waals surface area contributed by atoms with Crippen molar-refractivity contribution in [2.45, 2.75) is 18.6 Å². The van der Waals surface area contributed by atoms with Gasteiger partial charge in [-0.3, -0.25) is 4.79 Å². The molecule has 0 unspecified atom stereocenters. The van der Waals surface area contributed by atoms with Crippen LogP contribution < -0.4 is 5.32 Å². The van der Waals surface area contributed by atoms with Crippen molar-refractivity contribution in [3.8, 4) is 0 Å². The molecule has 1 rings (SSSR count). The largest absolute Gasteiger partial charge is 0.478 e. The molecule has 0 aliphatic carbocycles. The summed E-state index contributed by atoms with van der Waals surface area (Å²) >= 11 is 1.60. The summed E-state index contributed by atoms with van der Waals surface area (Å²) in [7, 11) is 0. The Morgan fingerprint density at radius 2 is 2.10 bits per heavy atom. The van der Waals surface area contributed by atoms with E-state index in [0.717, 1.165) is 12.1 Å². The Labute approximate surface area is 127 Å². The average molecular weight is 311 g/mol. The Balaban J connectivity index is 2.88. The summed E-state index contributed by atoms with van der Waals surface area (Å²) < 4.78 is 13.6. The Hall–Kier alpha value is -1.82. The number of carboxylic acids is 1. The maximum atomic E-state index is 13.7. The van der Waals surface area contributed by atoms with Crippen LogP contribution in [0.4, 0.5) is 4.39 Å². The molecule has 1 amide bonds. The third-order valence-electron chi connectivity index (χ3n) is 2.88. The number of halogens is 1. The fraction of sp³-hybridized carbons (Fsp3) is 0.333. The third kappa shape index (κ3) is 5.59. The maximum absolute atomic E-state index is 13.7. The van der Waals surface area contributed by atoms with Crippen molar-refractivity contribution in [1.82, 2.24) is 5.32 Å². The van der Waals surface area contributed by atoms with Crippen LogP contribution in [-0.2, 0) is 4.79 Å². The predicted octanol–water partition coefficient (Wildman–Crippen LogP) is 2.79. The lowest BCUT2D eigenvalue weighted by molar-refractivity contribution is -0.131. The van der Waals surface area contributed by atoms with Crippen LogP contribution >= 0.6 is 11.8 Å². The fourth-order valence-electron chi connectivity index (χ4n) is 1.45. The van der Waals surface area contributed by atoms with Crippen LogP contribution in [-0.4, -0.2) is 34.5 Å². The predicted molar refractivity (Wildman–Crippen MR) is 83.0 cm³/mol. The van der Waals surface area contributed by atoms with Crippen molar-refractivity contribution in [3.63, 3.8) is 0 Å². The molecule has 0 radical (unpaired) electrons. The number of hydrogen-bond acceptors (Lipinski definition) is 3. The number of aliphatic carboxylic acids is 1. The zero-order valence-electron chi connectivity index (χ0n) is 12.1. The minimum absolute atomic E-state index is 0.0977. The number of carbonyl (C=O) groups is 2. The molecule has 2 N–H and O–H groups in total. The van der Waals surface area contributed by atoms with E-state index in [1.54, 1.807) is 11.8 Å². The summed E-state index contributed by atoms with van der Waals surface area (Å²) in [5.74, 6) is -2.26. The van der Waals surface area contributed by atoms with Gasteiger partial charge in [-0.05, 0) is 43.9 Å². The zero-order valence-corrected chi connectivity index (χ0v) is 13.0.